The summed E-state index contributed by atoms with van der Waals surface area (Å²) < 4.78 is 26.1. The molecule has 0 rings (SSSR count). The molecule has 0 saturated carbocycles. The van der Waals surface area contributed by atoms with Gasteiger partial charge in [0.1, 0.15) is 6.61 Å². The second-order valence-electron chi connectivity index (χ2n) is 12.7. The zero-order chi connectivity index (χ0) is 38.0. The zero-order valence-electron chi connectivity index (χ0n) is 31.1. The molecule has 5 N–H and O–H groups in total. The topological polar surface area (TPSA) is 180 Å². The van der Waals surface area contributed by atoms with Gasteiger partial charge in [0.05, 0.1) is 24.9 Å². The third-order valence-electron chi connectivity index (χ3n) is 7.89. The molecule has 0 aliphatic heterocycles. The molecule has 0 aromatic carbocycles. The highest BCUT2D eigenvalue weighted by Gasteiger charge is 2.23. The lowest BCUT2D eigenvalue weighted by atomic mass is 10.0. The minimum absolute atomic E-state index is 0.0859. The summed E-state index contributed by atoms with van der Waals surface area (Å²) in [5.74, 6) is -1.22. The van der Waals surface area contributed by atoms with Crippen molar-refractivity contribution in [2.45, 2.75) is 160 Å². The van der Waals surface area contributed by atoms with Gasteiger partial charge in [-0.25, -0.2) is 4.57 Å². The van der Waals surface area contributed by atoms with Crippen LogP contribution in [0.15, 0.2) is 60.8 Å². The van der Waals surface area contributed by atoms with Crippen molar-refractivity contribution in [3.8, 4) is 0 Å². The van der Waals surface area contributed by atoms with E-state index in [1.54, 1.807) is 42.5 Å². The van der Waals surface area contributed by atoms with Crippen LogP contribution < -0.4 is 0 Å². The number of phosphoric ester groups is 1. The van der Waals surface area contributed by atoms with Gasteiger partial charge in [0.15, 0.2) is 6.10 Å². The van der Waals surface area contributed by atoms with Crippen molar-refractivity contribution in [2.75, 3.05) is 13.2 Å². The van der Waals surface area contributed by atoms with Crippen LogP contribution in [0.25, 0.3) is 0 Å². The summed E-state index contributed by atoms with van der Waals surface area (Å²) in [7, 11) is -4.85. The number of unbranched alkanes of at least 4 members (excludes halogenated alkanes) is 12. The predicted molar refractivity (Wildman–Crippen MR) is 202 cm³/mol. The Hall–Kier alpha value is -2.37. The van der Waals surface area contributed by atoms with Crippen molar-refractivity contribution in [1.82, 2.24) is 0 Å². The number of hydrogen-bond donors (Lipinski definition) is 5. The van der Waals surface area contributed by atoms with E-state index in [4.69, 9.17) is 19.3 Å². The Bertz CT molecular complexity index is 1060. The van der Waals surface area contributed by atoms with Crippen LogP contribution in [0.5, 0.6) is 0 Å². The first-order valence-corrected chi connectivity index (χ1v) is 20.4. The number of aliphatic hydroxyl groups is 3. The van der Waals surface area contributed by atoms with Crippen LogP contribution in [0.3, 0.4) is 0 Å². The molecule has 0 aromatic rings. The van der Waals surface area contributed by atoms with Crippen molar-refractivity contribution < 1.29 is 53.3 Å². The van der Waals surface area contributed by atoms with Crippen molar-refractivity contribution in [1.29, 1.82) is 0 Å². The molecule has 51 heavy (non-hydrogen) atoms. The molecular formula is C39H67O11P. The summed E-state index contributed by atoms with van der Waals surface area (Å²) in [6.07, 6.45) is 30.3. The molecule has 0 spiro atoms. The first kappa shape index (κ1) is 48.6. The Labute approximate surface area is 306 Å². The largest absolute Gasteiger partial charge is 0.469 e. The van der Waals surface area contributed by atoms with E-state index in [2.05, 4.69) is 11.4 Å². The summed E-state index contributed by atoms with van der Waals surface area (Å²) in [6, 6.07) is 0. The van der Waals surface area contributed by atoms with Crippen LogP contribution in [0.1, 0.15) is 136 Å². The van der Waals surface area contributed by atoms with Gasteiger partial charge in [-0.3, -0.25) is 14.1 Å². The quantitative estimate of drug-likeness (QED) is 0.0145. The maximum absolute atomic E-state index is 12.4. The van der Waals surface area contributed by atoms with Gasteiger partial charge in [-0.15, -0.1) is 0 Å². The Kier molecular flexibility index (Phi) is 31.9. The fraction of sp³-hybridized carbons (Fsp3) is 0.692. The van der Waals surface area contributed by atoms with E-state index in [9.17, 15) is 29.5 Å². The van der Waals surface area contributed by atoms with Crippen LogP contribution in [0.4, 0.5) is 0 Å². The molecule has 0 unspecified atom stereocenters. The van der Waals surface area contributed by atoms with Gasteiger partial charge < -0.3 is 34.6 Å². The number of esters is 2. The highest BCUT2D eigenvalue weighted by molar-refractivity contribution is 7.46. The van der Waals surface area contributed by atoms with E-state index in [1.165, 1.54) is 63.9 Å². The standard InChI is InChI=1S/C39H67O11P/c1-3-5-7-8-9-10-11-12-13-14-15-20-24-30-38(43)48-32-35(33-49-51(45,46)47)50-39(44)31-25-29-37(42)36(41)28-23-19-17-16-18-22-27-34(40)26-21-6-4-2/h6,16-19,21-23,27-28,34-37,40-42H,3-5,7-15,20,24-26,29-33H2,1-2H3,(H2,45,46,47)/b18-16+,19-17-,21-6-,27-22+,28-23-/t34-,35+,36+,37+/m0/s1. The molecule has 0 fully saturated rings. The number of phosphoric acid groups is 1. The lowest BCUT2D eigenvalue weighted by molar-refractivity contribution is -0.161. The molecule has 0 heterocycles. The highest BCUT2D eigenvalue weighted by atomic mass is 31.2. The fourth-order valence-corrected chi connectivity index (χ4v) is 5.31. The van der Waals surface area contributed by atoms with Gasteiger partial charge in [-0.2, -0.15) is 0 Å². The SMILES string of the molecule is CC/C=C\C[C@H](O)/C=C/C=C/C=C\C=C/[C@@H](O)[C@H](O)CCCC(=O)O[C@H](COC(=O)CCCCCCCCCCCCCCC)COP(=O)(O)O. The van der Waals surface area contributed by atoms with Gasteiger partial charge >= 0.3 is 19.8 Å². The molecule has 0 amide bonds. The number of carbonyl (C=O) groups is 2. The maximum Gasteiger partial charge on any atom is 0.469 e. The first-order valence-electron chi connectivity index (χ1n) is 18.9. The molecule has 294 valence electrons. The van der Waals surface area contributed by atoms with Crippen molar-refractivity contribution in [2.24, 2.45) is 0 Å². The maximum atomic E-state index is 12.4. The Morgan fingerprint density at radius 2 is 1.18 bits per heavy atom. The van der Waals surface area contributed by atoms with Crippen molar-refractivity contribution in [3.63, 3.8) is 0 Å². The third kappa shape index (κ3) is 34.5. The molecule has 0 saturated heterocycles. The molecule has 0 bridgehead atoms. The summed E-state index contributed by atoms with van der Waals surface area (Å²) in [5, 5.41) is 30.2. The summed E-state index contributed by atoms with van der Waals surface area (Å²) in [5.41, 5.74) is 0. The smallest absolute Gasteiger partial charge is 0.462 e. The van der Waals surface area contributed by atoms with E-state index in [-0.39, 0.29) is 25.7 Å². The predicted octanol–water partition coefficient (Wildman–Crippen LogP) is 7.87. The Morgan fingerprint density at radius 3 is 1.75 bits per heavy atom. The van der Waals surface area contributed by atoms with E-state index in [1.807, 2.05) is 19.1 Å². The van der Waals surface area contributed by atoms with Gasteiger partial charge in [0.2, 0.25) is 0 Å². The lowest BCUT2D eigenvalue weighted by Gasteiger charge is -2.19. The van der Waals surface area contributed by atoms with E-state index in [0.717, 1.165) is 25.7 Å². The average Bonchev–Trinajstić information content (AvgIpc) is 3.08. The number of aliphatic hydroxyl groups excluding tert-OH is 3. The van der Waals surface area contributed by atoms with E-state index >= 15 is 0 Å². The fourth-order valence-electron chi connectivity index (χ4n) is 4.95. The van der Waals surface area contributed by atoms with Crippen LogP contribution in [-0.2, 0) is 28.2 Å². The van der Waals surface area contributed by atoms with Gasteiger partial charge in [0, 0.05) is 12.8 Å². The number of rotatable bonds is 33. The monoisotopic (exact) mass is 742 g/mol. The van der Waals surface area contributed by atoms with E-state index in [0.29, 0.717) is 12.8 Å². The van der Waals surface area contributed by atoms with Crippen LogP contribution in [0, 0.1) is 0 Å². The normalized spacial score (nSPS) is 15.0. The molecule has 0 radical (unpaired) electrons. The van der Waals surface area contributed by atoms with Crippen molar-refractivity contribution in [3.05, 3.63) is 60.8 Å². The summed E-state index contributed by atoms with van der Waals surface area (Å²) in [4.78, 5) is 42.7. The second kappa shape index (κ2) is 33.5. The van der Waals surface area contributed by atoms with Crippen LogP contribution >= 0.6 is 7.82 Å². The Morgan fingerprint density at radius 1 is 0.647 bits per heavy atom. The summed E-state index contributed by atoms with van der Waals surface area (Å²) in [6.45, 7) is 3.19. The molecule has 4 atom stereocenters. The van der Waals surface area contributed by atoms with Gasteiger partial charge in [-0.05, 0) is 32.1 Å². The first-order chi connectivity index (χ1) is 24.5. The molecule has 12 heteroatoms. The number of hydrogen-bond acceptors (Lipinski definition) is 9. The van der Waals surface area contributed by atoms with Crippen molar-refractivity contribution >= 4 is 19.8 Å². The number of carbonyl (C=O) groups excluding carboxylic acids is 2. The highest BCUT2D eigenvalue weighted by Crippen LogP contribution is 2.36. The lowest BCUT2D eigenvalue weighted by Crippen LogP contribution is -2.29. The second-order valence-corrected chi connectivity index (χ2v) is 14.0. The minimum Gasteiger partial charge on any atom is -0.462 e. The summed E-state index contributed by atoms with van der Waals surface area (Å²) >= 11 is 0. The van der Waals surface area contributed by atoms with Crippen LogP contribution in [0.2, 0.25) is 0 Å². The number of allylic oxidation sites excluding steroid dienone is 7. The molecule has 0 aromatic heterocycles. The van der Waals surface area contributed by atoms with Crippen LogP contribution in [-0.4, -0.2) is 74.7 Å². The number of ether oxygens (including phenoxy) is 2. The van der Waals surface area contributed by atoms with Gasteiger partial charge in [-0.1, -0.05) is 152 Å². The third-order valence-corrected chi connectivity index (χ3v) is 8.38. The van der Waals surface area contributed by atoms with E-state index < -0.39 is 57.4 Å². The zero-order valence-corrected chi connectivity index (χ0v) is 32.0. The molecule has 11 nitrogen and oxygen atoms in total. The molecular weight excluding hydrogens is 675 g/mol. The average molecular weight is 743 g/mol. The van der Waals surface area contributed by atoms with Gasteiger partial charge in [0.25, 0.3) is 0 Å². The minimum atomic E-state index is -4.85. The Balaban J connectivity index is 4.35. The molecule has 0 aliphatic rings. The molecule has 0 aliphatic carbocycles.